The standard InChI is InChI=1S/C15H18N4O/c1-16-13-11-14(19-7-9-20-10-8-19)18-15(17-13)12-5-3-2-4-6-12/h2-6,11H,7-10H2,1H3,(H,16,17,18). The van der Waals surface area contributed by atoms with Crippen molar-refractivity contribution in [1.29, 1.82) is 0 Å². The average molecular weight is 270 g/mol. The van der Waals surface area contributed by atoms with Crippen molar-refractivity contribution >= 4 is 11.6 Å². The highest BCUT2D eigenvalue weighted by molar-refractivity contribution is 5.61. The Hall–Kier alpha value is -2.14. The summed E-state index contributed by atoms with van der Waals surface area (Å²) in [5.74, 6) is 2.53. The van der Waals surface area contributed by atoms with Crippen LogP contribution in [0.25, 0.3) is 11.4 Å². The van der Waals surface area contributed by atoms with E-state index >= 15 is 0 Å². The lowest BCUT2D eigenvalue weighted by Crippen LogP contribution is -2.36. The summed E-state index contributed by atoms with van der Waals surface area (Å²) in [6.07, 6.45) is 0. The first-order valence-corrected chi connectivity index (χ1v) is 6.82. The van der Waals surface area contributed by atoms with E-state index in [9.17, 15) is 0 Å². The van der Waals surface area contributed by atoms with Gasteiger partial charge in [-0.05, 0) is 0 Å². The van der Waals surface area contributed by atoms with Crippen LogP contribution in [0.15, 0.2) is 36.4 Å². The van der Waals surface area contributed by atoms with E-state index in [2.05, 4.69) is 15.2 Å². The summed E-state index contributed by atoms with van der Waals surface area (Å²) in [4.78, 5) is 11.5. The van der Waals surface area contributed by atoms with Crippen molar-refractivity contribution in [2.45, 2.75) is 0 Å². The van der Waals surface area contributed by atoms with Crippen LogP contribution in [0.1, 0.15) is 0 Å². The molecule has 20 heavy (non-hydrogen) atoms. The largest absolute Gasteiger partial charge is 0.378 e. The Bertz CT molecular complexity index is 567. The van der Waals surface area contributed by atoms with Crippen LogP contribution >= 0.6 is 0 Å². The average Bonchev–Trinajstić information content (AvgIpc) is 2.56. The van der Waals surface area contributed by atoms with Gasteiger partial charge in [-0.3, -0.25) is 0 Å². The fraction of sp³-hybridized carbons (Fsp3) is 0.333. The summed E-state index contributed by atoms with van der Waals surface area (Å²) in [7, 11) is 1.88. The lowest BCUT2D eigenvalue weighted by atomic mass is 10.2. The highest BCUT2D eigenvalue weighted by Crippen LogP contribution is 2.22. The molecule has 0 radical (unpaired) electrons. The van der Waals surface area contributed by atoms with Gasteiger partial charge in [0.25, 0.3) is 0 Å². The number of anilines is 2. The molecule has 3 rings (SSSR count). The van der Waals surface area contributed by atoms with Crippen molar-refractivity contribution in [2.24, 2.45) is 0 Å². The molecule has 0 amide bonds. The number of benzene rings is 1. The topological polar surface area (TPSA) is 50.3 Å². The number of aromatic nitrogens is 2. The predicted molar refractivity (Wildman–Crippen MR) is 80.0 cm³/mol. The highest BCUT2D eigenvalue weighted by atomic mass is 16.5. The van der Waals surface area contributed by atoms with Crippen molar-refractivity contribution in [3.05, 3.63) is 36.4 Å². The fourth-order valence-electron chi connectivity index (χ4n) is 2.23. The summed E-state index contributed by atoms with van der Waals surface area (Å²) in [6, 6.07) is 12.0. The third-order valence-electron chi connectivity index (χ3n) is 3.34. The molecule has 1 saturated heterocycles. The predicted octanol–water partition coefficient (Wildman–Crippen LogP) is 2.02. The van der Waals surface area contributed by atoms with Crippen LogP contribution < -0.4 is 10.2 Å². The Morgan fingerprint density at radius 3 is 2.55 bits per heavy atom. The smallest absolute Gasteiger partial charge is 0.163 e. The molecule has 0 spiro atoms. The van der Waals surface area contributed by atoms with Crippen LogP contribution in [0.5, 0.6) is 0 Å². The normalized spacial score (nSPS) is 15.2. The molecule has 104 valence electrons. The second-order valence-corrected chi connectivity index (χ2v) is 4.65. The molecule has 1 fully saturated rings. The Labute approximate surface area is 118 Å². The van der Waals surface area contributed by atoms with Crippen molar-refractivity contribution in [3.63, 3.8) is 0 Å². The van der Waals surface area contributed by atoms with E-state index < -0.39 is 0 Å². The molecule has 2 heterocycles. The Balaban J connectivity index is 1.98. The van der Waals surface area contributed by atoms with E-state index in [0.717, 1.165) is 49.3 Å². The van der Waals surface area contributed by atoms with Crippen LogP contribution in [0.4, 0.5) is 11.6 Å². The highest BCUT2D eigenvalue weighted by Gasteiger charge is 2.15. The van der Waals surface area contributed by atoms with Crippen LogP contribution in [-0.4, -0.2) is 43.3 Å². The van der Waals surface area contributed by atoms with Gasteiger partial charge in [-0.25, -0.2) is 9.97 Å². The molecule has 1 aromatic carbocycles. The zero-order valence-corrected chi connectivity index (χ0v) is 11.5. The van der Waals surface area contributed by atoms with E-state index in [1.807, 2.05) is 43.4 Å². The molecule has 0 saturated carbocycles. The Morgan fingerprint density at radius 1 is 1.10 bits per heavy atom. The summed E-state index contributed by atoms with van der Waals surface area (Å²) in [5, 5.41) is 3.11. The summed E-state index contributed by atoms with van der Waals surface area (Å²) < 4.78 is 5.39. The van der Waals surface area contributed by atoms with Gasteiger partial charge in [-0.1, -0.05) is 30.3 Å². The number of morpholine rings is 1. The van der Waals surface area contributed by atoms with Crippen LogP contribution in [0.2, 0.25) is 0 Å². The van der Waals surface area contributed by atoms with Crippen molar-refractivity contribution in [2.75, 3.05) is 43.6 Å². The van der Waals surface area contributed by atoms with E-state index in [1.165, 1.54) is 0 Å². The molecular formula is C15H18N4O. The maximum atomic E-state index is 5.39. The molecule has 1 aromatic heterocycles. The number of hydrogen-bond acceptors (Lipinski definition) is 5. The van der Waals surface area contributed by atoms with Gasteiger partial charge in [0.05, 0.1) is 13.2 Å². The van der Waals surface area contributed by atoms with E-state index in [-0.39, 0.29) is 0 Å². The van der Waals surface area contributed by atoms with Gasteiger partial charge in [0.1, 0.15) is 11.6 Å². The molecule has 0 atom stereocenters. The molecule has 0 aliphatic carbocycles. The number of hydrogen-bond donors (Lipinski definition) is 1. The van der Waals surface area contributed by atoms with Gasteiger partial charge in [-0.15, -0.1) is 0 Å². The second kappa shape index (κ2) is 5.88. The molecule has 0 unspecified atom stereocenters. The third kappa shape index (κ3) is 2.72. The SMILES string of the molecule is CNc1cc(N2CCOCC2)nc(-c2ccccc2)n1. The molecule has 1 N–H and O–H groups in total. The molecule has 0 bridgehead atoms. The van der Waals surface area contributed by atoms with E-state index in [1.54, 1.807) is 0 Å². The van der Waals surface area contributed by atoms with Crippen molar-refractivity contribution in [1.82, 2.24) is 9.97 Å². The number of ether oxygens (including phenoxy) is 1. The Morgan fingerprint density at radius 2 is 1.85 bits per heavy atom. The minimum absolute atomic E-state index is 0.749. The van der Waals surface area contributed by atoms with Crippen molar-refractivity contribution in [3.8, 4) is 11.4 Å². The molecule has 5 heteroatoms. The molecule has 1 aliphatic heterocycles. The van der Waals surface area contributed by atoms with Crippen LogP contribution in [-0.2, 0) is 4.74 Å². The minimum atomic E-state index is 0.749. The zero-order valence-electron chi connectivity index (χ0n) is 11.5. The molecule has 5 nitrogen and oxygen atoms in total. The molecular weight excluding hydrogens is 252 g/mol. The van der Waals surface area contributed by atoms with Gasteiger partial charge in [-0.2, -0.15) is 0 Å². The maximum Gasteiger partial charge on any atom is 0.163 e. The lowest BCUT2D eigenvalue weighted by Gasteiger charge is -2.28. The molecule has 2 aromatic rings. The van der Waals surface area contributed by atoms with E-state index in [0.29, 0.717) is 0 Å². The number of nitrogens with zero attached hydrogens (tertiary/aromatic N) is 3. The van der Waals surface area contributed by atoms with Gasteiger partial charge in [0.2, 0.25) is 0 Å². The van der Waals surface area contributed by atoms with Gasteiger partial charge >= 0.3 is 0 Å². The first-order valence-electron chi connectivity index (χ1n) is 6.82. The Kier molecular flexibility index (Phi) is 3.78. The maximum absolute atomic E-state index is 5.39. The zero-order chi connectivity index (χ0) is 13.8. The fourth-order valence-corrected chi connectivity index (χ4v) is 2.23. The first-order chi connectivity index (χ1) is 9.86. The van der Waals surface area contributed by atoms with Crippen molar-refractivity contribution < 1.29 is 4.74 Å². The third-order valence-corrected chi connectivity index (χ3v) is 3.34. The number of rotatable bonds is 3. The monoisotopic (exact) mass is 270 g/mol. The summed E-state index contributed by atoms with van der Waals surface area (Å²) in [6.45, 7) is 3.24. The minimum Gasteiger partial charge on any atom is -0.378 e. The van der Waals surface area contributed by atoms with E-state index in [4.69, 9.17) is 9.72 Å². The quantitative estimate of drug-likeness (QED) is 0.924. The summed E-state index contributed by atoms with van der Waals surface area (Å²) >= 11 is 0. The molecule has 1 aliphatic rings. The van der Waals surface area contributed by atoms with Gasteiger partial charge in [0, 0.05) is 31.8 Å². The number of nitrogens with one attached hydrogen (secondary N) is 1. The van der Waals surface area contributed by atoms with Crippen LogP contribution in [0, 0.1) is 0 Å². The van der Waals surface area contributed by atoms with Crippen LogP contribution in [0.3, 0.4) is 0 Å². The second-order valence-electron chi connectivity index (χ2n) is 4.65. The van der Waals surface area contributed by atoms with Gasteiger partial charge < -0.3 is 15.0 Å². The van der Waals surface area contributed by atoms with Gasteiger partial charge in [0.15, 0.2) is 5.82 Å². The summed E-state index contributed by atoms with van der Waals surface area (Å²) in [5.41, 5.74) is 1.03. The first kappa shape index (κ1) is 12.9. The lowest BCUT2D eigenvalue weighted by molar-refractivity contribution is 0.122.